The number of aliphatic hydroxyl groups is 1. The summed E-state index contributed by atoms with van der Waals surface area (Å²) in [5.74, 6) is -0.179. The highest BCUT2D eigenvalue weighted by molar-refractivity contribution is 6.02. The topological polar surface area (TPSA) is 86.9 Å². The molecule has 0 saturated carbocycles. The molecule has 0 atom stereocenters. The fraction of sp³-hybridized carbons (Fsp3) is 0.500. The summed E-state index contributed by atoms with van der Waals surface area (Å²) in [6.07, 6.45) is 0. The first-order chi connectivity index (χ1) is 9.79. The number of carbonyl (C=O) groups excluding carboxylic acids is 1. The molecule has 0 aliphatic carbocycles. The smallest absolute Gasteiger partial charge is 0.293 e. The fourth-order valence-electron chi connectivity index (χ4n) is 2.77. The molecule has 114 valence electrons. The summed E-state index contributed by atoms with van der Waals surface area (Å²) in [5, 5.41) is 21.0. The second kappa shape index (κ2) is 5.33. The Bertz CT molecular complexity index is 611. The predicted octanol–water partition coefficient (Wildman–Crippen LogP) is 1.52. The van der Waals surface area contributed by atoms with Crippen LogP contribution in [0.15, 0.2) is 6.07 Å². The first kappa shape index (κ1) is 15.2. The van der Waals surface area contributed by atoms with E-state index < -0.39 is 11.5 Å². The van der Waals surface area contributed by atoms with Crippen LogP contribution in [0.5, 0.6) is 0 Å². The van der Waals surface area contributed by atoms with E-state index >= 15 is 0 Å². The second-order valence-electron chi connectivity index (χ2n) is 5.59. The van der Waals surface area contributed by atoms with E-state index in [1.807, 2.05) is 13.8 Å². The largest absolute Gasteiger partial charge is 0.392 e. The van der Waals surface area contributed by atoms with Crippen LogP contribution >= 0.6 is 0 Å². The molecule has 0 radical (unpaired) electrons. The van der Waals surface area contributed by atoms with E-state index in [2.05, 4.69) is 0 Å². The van der Waals surface area contributed by atoms with Crippen LogP contribution in [0.4, 0.5) is 11.4 Å². The third kappa shape index (κ3) is 2.33. The zero-order valence-electron chi connectivity index (χ0n) is 12.6. The number of aliphatic hydroxyl groups excluding tert-OH is 1. The predicted molar refractivity (Wildman–Crippen MR) is 78.4 cm³/mol. The number of hydrogen-bond donors (Lipinski definition) is 1. The Hall–Kier alpha value is -2.15. The minimum atomic E-state index is -0.475. The number of hydrogen-bond acceptors (Lipinski definition) is 5. The van der Waals surface area contributed by atoms with Gasteiger partial charge in [0.05, 0.1) is 17.1 Å². The van der Waals surface area contributed by atoms with Crippen LogP contribution in [0, 0.1) is 10.1 Å². The molecular weight excluding hydrogens is 274 g/mol. The van der Waals surface area contributed by atoms with Gasteiger partial charge in [0.1, 0.15) is 5.69 Å². The van der Waals surface area contributed by atoms with Crippen molar-refractivity contribution in [2.75, 3.05) is 19.0 Å². The monoisotopic (exact) mass is 293 g/mol. The Kier molecular flexibility index (Phi) is 3.87. The summed E-state index contributed by atoms with van der Waals surface area (Å²) in [5.41, 5.74) is 1.55. The first-order valence-corrected chi connectivity index (χ1v) is 6.71. The number of nitro benzene ring substituents is 1. The molecule has 1 aromatic carbocycles. The molecule has 1 heterocycles. The van der Waals surface area contributed by atoms with Crippen molar-refractivity contribution in [2.24, 2.45) is 0 Å². The van der Waals surface area contributed by atoms with Crippen LogP contribution < -0.4 is 4.90 Å². The fourth-order valence-corrected chi connectivity index (χ4v) is 2.77. The number of nitrogens with zero attached hydrogens (tertiary/aromatic N) is 3. The van der Waals surface area contributed by atoms with Crippen LogP contribution in [0.2, 0.25) is 0 Å². The van der Waals surface area contributed by atoms with E-state index in [1.54, 1.807) is 23.9 Å². The summed E-state index contributed by atoms with van der Waals surface area (Å²) in [6.45, 7) is 3.72. The van der Waals surface area contributed by atoms with E-state index in [9.17, 15) is 20.0 Å². The minimum Gasteiger partial charge on any atom is -0.392 e. The van der Waals surface area contributed by atoms with E-state index in [4.69, 9.17) is 0 Å². The summed E-state index contributed by atoms with van der Waals surface area (Å²) < 4.78 is 0. The number of carbonyl (C=O) groups is 1. The van der Waals surface area contributed by atoms with Gasteiger partial charge in [-0.1, -0.05) is 0 Å². The molecule has 1 aliphatic heterocycles. The van der Waals surface area contributed by atoms with Gasteiger partial charge in [0.15, 0.2) is 0 Å². The van der Waals surface area contributed by atoms with Crippen molar-refractivity contribution in [3.05, 3.63) is 32.9 Å². The van der Waals surface area contributed by atoms with Crippen LogP contribution in [-0.4, -0.2) is 41.0 Å². The standard InChI is InChI=1S/C14H19N3O4/c1-8(2)16-6-9-5-11(17(20)21)13(15(3)4)10(7-18)12(9)14(16)19/h5,8,18H,6-7H2,1-4H3. The molecule has 0 saturated heterocycles. The molecule has 21 heavy (non-hydrogen) atoms. The van der Waals surface area contributed by atoms with Crippen molar-refractivity contribution in [1.29, 1.82) is 0 Å². The van der Waals surface area contributed by atoms with E-state index in [0.717, 1.165) is 0 Å². The molecule has 0 fully saturated rings. The normalized spacial score (nSPS) is 13.8. The number of anilines is 1. The van der Waals surface area contributed by atoms with Crippen molar-refractivity contribution < 1.29 is 14.8 Å². The first-order valence-electron chi connectivity index (χ1n) is 6.71. The van der Waals surface area contributed by atoms with Crippen LogP contribution in [0.25, 0.3) is 0 Å². The van der Waals surface area contributed by atoms with Gasteiger partial charge in [0, 0.05) is 38.3 Å². The Balaban J connectivity index is 2.73. The lowest BCUT2D eigenvalue weighted by Gasteiger charge is -2.20. The van der Waals surface area contributed by atoms with Gasteiger partial charge >= 0.3 is 0 Å². The van der Waals surface area contributed by atoms with E-state index in [0.29, 0.717) is 28.9 Å². The minimum absolute atomic E-state index is 0.00157. The van der Waals surface area contributed by atoms with E-state index in [1.165, 1.54) is 6.07 Å². The molecule has 0 aromatic heterocycles. The van der Waals surface area contributed by atoms with Gasteiger partial charge < -0.3 is 14.9 Å². The van der Waals surface area contributed by atoms with Gasteiger partial charge in [0.2, 0.25) is 0 Å². The summed E-state index contributed by atoms with van der Waals surface area (Å²) in [7, 11) is 3.32. The van der Waals surface area contributed by atoms with Gasteiger partial charge in [-0.3, -0.25) is 14.9 Å². The van der Waals surface area contributed by atoms with Gasteiger partial charge in [-0.05, 0) is 19.4 Å². The Morgan fingerprint density at radius 3 is 2.52 bits per heavy atom. The molecule has 7 nitrogen and oxygen atoms in total. The van der Waals surface area contributed by atoms with Crippen molar-refractivity contribution in [2.45, 2.75) is 33.0 Å². The second-order valence-corrected chi connectivity index (χ2v) is 5.59. The molecule has 0 spiro atoms. The highest BCUT2D eigenvalue weighted by atomic mass is 16.6. The zero-order chi connectivity index (χ0) is 15.9. The average molecular weight is 293 g/mol. The third-order valence-electron chi connectivity index (χ3n) is 3.70. The lowest BCUT2D eigenvalue weighted by Crippen LogP contribution is -2.31. The van der Waals surface area contributed by atoms with Gasteiger partial charge in [0.25, 0.3) is 11.6 Å². The Morgan fingerprint density at radius 2 is 2.10 bits per heavy atom. The summed E-state index contributed by atoms with van der Waals surface area (Å²) in [4.78, 5) is 26.5. The maximum atomic E-state index is 12.5. The molecule has 7 heteroatoms. The molecule has 2 rings (SSSR count). The average Bonchev–Trinajstić information content (AvgIpc) is 2.73. The molecule has 1 aromatic rings. The molecule has 1 aliphatic rings. The van der Waals surface area contributed by atoms with Gasteiger partial charge in [-0.25, -0.2) is 0 Å². The lowest BCUT2D eigenvalue weighted by molar-refractivity contribution is -0.384. The van der Waals surface area contributed by atoms with E-state index in [-0.39, 0.29) is 17.6 Å². The number of rotatable bonds is 4. The number of nitro groups is 1. The van der Waals surface area contributed by atoms with Crippen molar-refractivity contribution >= 4 is 17.3 Å². The maximum Gasteiger partial charge on any atom is 0.293 e. The summed E-state index contributed by atoms with van der Waals surface area (Å²) >= 11 is 0. The number of amides is 1. The molecule has 1 amide bonds. The highest BCUT2D eigenvalue weighted by Gasteiger charge is 2.36. The van der Waals surface area contributed by atoms with Crippen molar-refractivity contribution in [1.82, 2.24) is 4.90 Å². The number of benzene rings is 1. The quantitative estimate of drug-likeness (QED) is 0.671. The molecule has 1 N–H and O–H groups in total. The zero-order valence-corrected chi connectivity index (χ0v) is 12.6. The third-order valence-corrected chi connectivity index (χ3v) is 3.70. The van der Waals surface area contributed by atoms with Crippen LogP contribution in [0.3, 0.4) is 0 Å². The molecule has 0 unspecified atom stereocenters. The van der Waals surface area contributed by atoms with Crippen molar-refractivity contribution in [3.8, 4) is 0 Å². The summed E-state index contributed by atoms with van der Waals surface area (Å²) in [6, 6.07) is 1.45. The van der Waals surface area contributed by atoms with Crippen molar-refractivity contribution in [3.63, 3.8) is 0 Å². The van der Waals surface area contributed by atoms with Gasteiger partial charge in [-0.15, -0.1) is 0 Å². The molecule has 0 bridgehead atoms. The number of fused-ring (bicyclic) bond motifs is 1. The Morgan fingerprint density at radius 1 is 1.48 bits per heavy atom. The Labute approximate surface area is 122 Å². The molecular formula is C14H19N3O4. The lowest BCUT2D eigenvalue weighted by atomic mass is 9.99. The van der Waals surface area contributed by atoms with Gasteiger partial charge in [-0.2, -0.15) is 0 Å². The van der Waals surface area contributed by atoms with Crippen LogP contribution in [-0.2, 0) is 13.2 Å². The SMILES string of the molecule is CC(C)N1Cc2cc([N+](=O)[O-])c(N(C)C)c(CO)c2C1=O. The highest BCUT2D eigenvalue weighted by Crippen LogP contribution is 2.39. The van der Waals surface area contributed by atoms with Crippen LogP contribution in [0.1, 0.15) is 35.3 Å². The maximum absolute atomic E-state index is 12.5.